The number of methoxy groups -OCH3 is 1. The zero-order valence-electron chi connectivity index (χ0n) is 13.1. The largest absolute Gasteiger partial charge is 0.469 e. The maximum absolute atomic E-state index is 12.1. The zero-order valence-corrected chi connectivity index (χ0v) is 13.1. The standard InChI is InChI=1S/C17H24N2O3/c1-22-16(20)11-14-10-13-7-6-12(5-3-2-4-8-18)9-15(13)19-17(14)21/h6-7,9,14H,2-5,8,10-11,18H2,1H3,(H,19,21). The van der Waals surface area contributed by atoms with Crippen LogP contribution in [0.5, 0.6) is 0 Å². The fourth-order valence-corrected chi connectivity index (χ4v) is 2.77. The second-order valence-electron chi connectivity index (χ2n) is 5.76. The number of nitrogens with two attached hydrogens (primary N) is 1. The maximum Gasteiger partial charge on any atom is 0.306 e. The number of carbonyl (C=O) groups is 2. The highest BCUT2D eigenvalue weighted by molar-refractivity contribution is 5.97. The normalized spacial score (nSPS) is 16.8. The highest BCUT2D eigenvalue weighted by Gasteiger charge is 2.28. The van der Waals surface area contributed by atoms with Gasteiger partial charge in [-0.25, -0.2) is 0 Å². The molecular weight excluding hydrogens is 280 g/mol. The molecule has 1 amide bonds. The van der Waals surface area contributed by atoms with Gasteiger partial charge in [0.15, 0.2) is 0 Å². The molecular formula is C17H24N2O3. The molecule has 5 nitrogen and oxygen atoms in total. The monoisotopic (exact) mass is 304 g/mol. The van der Waals surface area contributed by atoms with Gasteiger partial charge in [0.05, 0.1) is 19.4 Å². The number of hydrogen-bond acceptors (Lipinski definition) is 4. The lowest BCUT2D eigenvalue weighted by molar-refractivity contribution is -0.143. The number of ether oxygens (including phenoxy) is 1. The van der Waals surface area contributed by atoms with Crippen LogP contribution < -0.4 is 11.1 Å². The highest BCUT2D eigenvalue weighted by atomic mass is 16.5. The molecule has 0 fully saturated rings. The molecule has 0 aliphatic carbocycles. The summed E-state index contributed by atoms with van der Waals surface area (Å²) in [5.41, 5.74) is 8.68. The van der Waals surface area contributed by atoms with Crippen LogP contribution in [-0.2, 0) is 27.2 Å². The quantitative estimate of drug-likeness (QED) is 0.596. The number of aryl methyl sites for hydroxylation is 1. The second-order valence-corrected chi connectivity index (χ2v) is 5.76. The van der Waals surface area contributed by atoms with Crippen LogP contribution in [0.4, 0.5) is 5.69 Å². The molecule has 1 unspecified atom stereocenters. The van der Waals surface area contributed by atoms with Crippen LogP contribution in [0.2, 0.25) is 0 Å². The summed E-state index contributed by atoms with van der Waals surface area (Å²) in [5.74, 6) is -0.784. The molecule has 1 aromatic carbocycles. The molecule has 120 valence electrons. The summed E-state index contributed by atoms with van der Waals surface area (Å²) < 4.78 is 4.64. The van der Waals surface area contributed by atoms with Crippen LogP contribution in [0.25, 0.3) is 0 Å². The Morgan fingerprint density at radius 3 is 2.91 bits per heavy atom. The summed E-state index contributed by atoms with van der Waals surface area (Å²) in [4.78, 5) is 23.4. The molecule has 22 heavy (non-hydrogen) atoms. The molecule has 1 atom stereocenters. The average molecular weight is 304 g/mol. The van der Waals surface area contributed by atoms with Gasteiger partial charge in [-0.05, 0) is 49.4 Å². The van der Waals surface area contributed by atoms with Crippen molar-refractivity contribution in [3.8, 4) is 0 Å². The topological polar surface area (TPSA) is 81.4 Å². The van der Waals surface area contributed by atoms with Crippen molar-refractivity contribution in [3.63, 3.8) is 0 Å². The van der Waals surface area contributed by atoms with E-state index in [2.05, 4.69) is 22.2 Å². The van der Waals surface area contributed by atoms with Crippen molar-refractivity contribution in [2.45, 2.75) is 38.5 Å². The molecule has 1 aliphatic rings. The average Bonchev–Trinajstić information content (AvgIpc) is 2.52. The van der Waals surface area contributed by atoms with Gasteiger partial charge in [-0.2, -0.15) is 0 Å². The highest BCUT2D eigenvalue weighted by Crippen LogP contribution is 2.28. The van der Waals surface area contributed by atoms with Gasteiger partial charge in [0.25, 0.3) is 0 Å². The van der Waals surface area contributed by atoms with Gasteiger partial charge in [-0.3, -0.25) is 9.59 Å². The van der Waals surface area contributed by atoms with Crippen LogP contribution in [0.15, 0.2) is 18.2 Å². The van der Waals surface area contributed by atoms with E-state index in [1.165, 1.54) is 12.7 Å². The van der Waals surface area contributed by atoms with Gasteiger partial charge in [-0.1, -0.05) is 18.6 Å². The van der Waals surface area contributed by atoms with E-state index in [1.54, 1.807) is 0 Å². The zero-order chi connectivity index (χ0) is 15.9. The van der Waals surface area contributed by atoms with E-state index in [1.807, 2.05) is 6.07 Å². The molecule has 0 aromatic heterocycles. The van der Waals surface area contributed by atoms with Gasteiger partial charge in [0.1, 0.15) is 0 Å². The van der Waals surface area contributed by atoms with E-state index < -0.39 is 0 Å². The smallest absolute Gasteiger partial charge is 0.306 e. The van der Waals surface area contributed by atoms with E-state index in [-0.39, 0.29) is 24.2 Å². The molecule has 0 saturated carbocycles. The predicted octanol–water partition coefficient (Wildman–Crippen LogP) is 2.03. The Morgan fingerprint density at radius 1 is 1.36 bits per heavy atom. The first-order valence-electron chi connectivity index (χ1n) is 7.83. The van der Waals surface area contributed by atoms with Crippen molar-refractivity contribution in [2.24, 2.45) is 11.7 Å². The van der Waals surface area contributed by atoms with Crippen molar-refractivity contribution in [2.75, 3.05) is 19.0 Å². The number of carbonyl (C=O) groups excluding carboxylic acids is 2. The fraction of sp³-hybridized carbons (Fsp3) is 0.529. The van der Waals surface area contributed by atoms with Gasteiger partial charge in [-0.15, -0.1) is 0 Å². The number of rotatable bonds is 7. The lowest BCUT2D eigenvalue weighted by atomic mass is 9.89. The van der Waals surface area contributed by atoms with Crippen molar-refractivity contribution >= 4 is 17.6 Å². The number of hydrogen-bond donors (Lipinski definition) is 2. The molecule has 0 radical (unpaired) electrons. The number of unbranched alkanes of at least 4 members (excludes halogenated alkanes) is 2. The van der Waals surface area contributed by atoms with Crippen molar-refractivity contribution in [3.05, 3.63) is 29.3 Å². The number of esters is 1. The summed E-state index contributed by atoms with van der Waals surface area (Å²) in [6.07, 6.45) is 4.99. The van der Waals surface area contributed by atoms with Crippen LogP contribution in [0, 0.1) is 5.92 Å². The minimum absolute atomic E-state index is 0.0989. The van der Waals surface area contributed by atoms with E-state index in [0.717, 1.165) is 43.5 Å². The molecule has 5 heteroatoms. The molecule has 1 aromatic rings. The van der Waals surface area contributed by atoms with E-state index in [0.29, 0.717) is 6.42 Å². The fourth-order valence-electron chi connectivity index (χ4n) is 2.77. The Labute approximate surface area is 131 Å². The summed E-state index contributed by atoms with van der Waals surface area (Å²) in [7, 11) is 1.34. The van der Waals surface area contributed by atoms with E-state index in [9.17, 15) is 9.59 Å². The second kappa shape index (κ2) is 7.94. The van der Waals surface area contributed by atoms with Crippen molar-refractivity contribution in [1.29, 1.82) is 0 Å². The summed E-state index contributed by atoms with van der Waals surface area (Å²) in [5, 5.41) is 2.91. The summed E-state index contributed by atoms with van der Waals surface area (Å²) in [6, 6.07) is 6.20. The van der Waals surface area contributed by atoms with Gasteiger partial charge in [0, 0.05) is 5.69 Å². The first-order chi connectivity index (χ1) is 10.6. The Hall–Kier alpha value is -1.88. The van der Waals surface area contributed by atoms with E-state index >= 15 is 0 Å². The summed E-state index contributed by atoms with van der Waals surface area (Å²) in [6.45, 7) is 0.738. The Morgan fingerprint density at radius 2 is 2.18 bits per heavy atom. The van der Waals surface area contributed by atoms with Crippen LogP contribution >= 0.6 is 0 Å². The number of benzene rings is 1. The van der Waals surface area contributed by atoms with Crippen LogP contribution in [0.3, 0.4) is 0 Å². The lowest BCUT2D eigenvalue weighted by Gasteiger charge is -2.24. The van der Waals surface area contributed by atoms with Crippen molar-refractivity contribution < 1.29 is 14.3 Å². The number of amides is 1. The minimum atomic E-state index is -0.347. The van der Waals surface area contributed by atoms with E-state index in [4.69, 9.17) is 5.73 Å². The van der Waals surface area contributed by atoms with Crippen molar-refractivity contribution in [1.82, 2.24) is 0 Å². The molecule has 1 aliphatic heterocycles. The Kier molecular flexibility index (Phi) is 5.95. The summed E-state index contributed by atoms with van der Waals surface area (Å²) >= 11 is 0. The number of nitrogens with one attached hydrogen (secondary N) is 1. The molecule has 2 rings (SSSR count). The molecule has 0 bridgehead atoms. The lowest BCUT2D eigenvalue weighted by Crippen LogP contribution is -2.31. The van der Waals surface area contributed by atoms with Gasteiger partial charge >= 0.3 is 5.97 Å². The van der Waals surface area contributed by atoms with Crippen LogP contribution in [-0.4, -0.2) is 25.5 Å². The minimum Gasteiger partial charge on any atom is -0.469 e. The first kappa shape index (κ1) is 16.5. The maximum atomic E-state index is 12.1. The third-order valence-electron chi connectivity index (χ3n) is 4.08. The Balaban J connectivity index is 1.99. The molecule has 0 saturated heterocycles. The van der Waals surface area contributed by atoms with Gasteiger partial charge < -0.3 is 15.8 Å². The molecule has 3 N–H and O–H groups in total. The van der Waals surface area contributed by atoms with Gasteiger partial charge in [0.2, 0.25) is 5.91 Å². The Bertz CT molecular complexity index is 543. The van der Waals surface area contributed by atoms with Crippen LogP contribution in [0.1, 0.15) is 36.8 Å². The predicted molar refractivity (Wildman–Crippen MR) is 85.5 cm³/mol. The number of fused-ring (bicyclic) bond motifs is 1. The first-order valence-corrected chi connectivity index (χ1v) is 7.83. The number of anilines is 1. The third kappa shape index (κ3) is 4.31. The SMILES string of the molecule is COC(=O)CC1Cc2ccc(CCCCCN)cc2NC1=O. The molecule has 1 heterocycles. The molecule has 0 spiro atoms. The third-order valence-corrected chi connectivity index (χ3v) is 4.08.